The quantitative estimate of drug-likeness (QED) is 0.552. The Hall–Kier alpha value is -1.22. The molecule has 0 aliphatic rings. The first-order valence-electron chi connectivity index (χ1n) is 3.69. The van der Waals surface area contributed by atoms with Crippen LogP contribution in [0, 0.1) is 13.8 Å². The molecule has 12 heavy (non-hydrogen) atoms. The molecule has 66 valence electrons. The van der Waals surface area contributed by atoms with E-state index in [0.717, 1.165) is 5.56 Å². The third kappa shape index (κ3) is 1.23. The lowest BCUT2D eigenvalue weighted by molar-refractivity contribution is 0.273. The van der Waals surface area contributed by atoms with Gasteiger partial charge in [0.25, 0.3) is 0 Å². The number of aromatic hydroxyl groups is 2. The molecule has 0 aliphatic carbocycles. The van der Waals surface area contributed by atoms with Gasteiger partial charge in [-0.15, -0.1) is 0 Å². The number of phenolic OH excluding ortho intramolecular Hbond substituents is 1. The first-order valence-corrected chi connectivity index (χ1v) is 3.69. The van der Waals surface area contributed by atoms with Gasteiger partial charge in [-0.3, -0.25) is 0 Å². The van der Waals surface area contributed by atoms with E-state index in [4.69, 9.17) is 5.11 Å². The Labute approximate surface area is 70.9 Å². The van der Waals surface area contributed by atoms with Gasteiger partial charge in [0.2, 0.25) is 0 Å². The number of benzene rings is 1. The highest BCUT2D eigenvalue weighted by Gasteiger charge is 2.10. The summed E-state index contributed by atoms with van der Waals surface area (Å²) >= 11 is 0. The Balaban J connectivity index is 3.39. The van der Waals surface area contributed by atoms with E-state index in [-0.39, 0.29) is 18.1 Å². The van der Waals surface area contributed by atoms with E-state index in [1.165, 1.54) is 0 Å². The normalized spacial score (nSPS) is 10.2. The van der Waals surface area contributed by atoms with E-state index in [1.807, 2.05) is 6.92 Å². The van der Waals surface area contributed by atoms with E-state index >= 15 is 0 Å². The number of rotatable bonds is 1. The Kier molecular flexibility index (Phi) is 2.24. The molecule has 0 saturated carbocycles. The van der Waals surface area contributed by atoms with Crippen LogP contribution in [0.3, 0.4) is 0 Å². The molecular formula is C9H12O3. The van der Waals surface area contributed by atoms with Crippen molar-refractivity contribution in [3.63, 3.8) is 0 Å². The van der Waals surface area contributed by atoms with Crippen LogP contribution in [0.1, 0.15) is 16.7 Å². The number of aliphatic hydroxyl groups excluding tert-OH is 1. The van der Waals surface area contributed by atoms with Crippen LogP contribution >= 0.6 is 0 Å². The van der Waals surface area contributed by atoms with Gasteiger partial charge in [0.15, 0.2) is 11.5 Å². The third-order valence-corrected chi connectivity index (χ3v) is 2.04. The van der Waals surface area contributed by atoms with Gasteiger partial charge in [-0.2, -0.15) is 0 Å². The van der Waals surface area contributed by atoms with Crippen LogP contribution in [0.25, 0.3) is 0 Å². The van der Waals surface area contributed by atoms with Gasteiger partial charge in [-0.05, 0) is 31.0 Å². The van der Waals surface area contributed by atoms with Crippen molar-refractivity contribution in [1.29, 1.82) is 0 Å². The molecule has 3 N–H and O–H groups in total. The minimum Gasteiger partial charge on any atom is -0.504 e. The molecule has 1 aromatic carbocycles. The maximum absolute atomic E-state index is 9.34. The predicted octanol–water partition coefficient (Wildman–Crippen LogP) is 1.21. The summed E-state index contributed by atoms with van der Waals surface area (Å²) in [6.45, 7) is 3.26. The van der Waals surface area contributed by atoms with Crippen LogP contribution in [0.5, 0.6) is 11.5 Å². The maximum Gasteiger partial charge on any atom is 0.163 e. The summed E-state index contributed by atoms with van der Waals surface area (Å²) in [6, 6.07) is 1.66. The van der Waals surface area contributed by atoms with Crippen LogP contribution in [-0.4, -0.2) is 15.3 Å². The first-order chi connectivity index (χ1) is 5.57. The molecule has 0 aromatic heterocycles. The molecule has 0 heterocycles. The fourth-order valence-electron chi connectivity index (χ4n) is 1.07. The monoisotopic (exact) mass is 168 g/mol. The van der Waals surface area contributed by atoms with Gasteiger partial charge in [0.05, 0.1) is 6.61 Å². The number of aliphatic hydroxyl groups is 1. The van der Waals surface area contributed by atoms with E-state index in [9.17, 15) is 10.2 Å². The van der Waals surface area contributed by atoms with E-state index in [0.29, 0.717) is 11.1 Å². The average molecular weight is 168 g/mol. The highest BCUT2D eigenvalue weighted by Crippen LogP contribution is 2.34. The molecule has 1 rings (SSSR count). The zero-order valence-corrected chi connectivity index (χ0v) is 7.13. The third-order valence-electron chi connectivity index (χ3n) is 2.04. The Morgan fingerprint density at radius 3 is 2.25 bits per heavy atom. The summed E-state index contributed by atoms with van der Waals surface area (Å²) in [5, 5.41) is 27.4. The second-order valence-corrected chi connectivity index (χ2v) is 2.83. The van der Waals surface area contributed by atoms with Gasteiger partial charge < -0.3 is 15.3 Å². The van der Waals surface area contributed by atoms with Crippen molar-refractivity contribution in [2.75, 3.05) is 0 Å². The zero-order valence-electron chi connectivity index (χ0n) is 7.13. The SMILES string of the molecule is Cc1cc(CO)c(O)c(O)c1C. The van der Waals surface area contributed by atoms with Crippen molar-refractivity contribution in [2.24, 2.45) is 0 Å². The van der Waals surface area contributed by atoms with Crippen molar-refractivity contribution in [2.45, 2.75) is 20.5 Å². The molecule has 0 amide bonds. The van der Waals surface area contributed by atoms with Crippen LogP contribution in [-0.2, 0) is 6.61 Å². The lowest BCUT2D eigenvalue weighted by Crippen LogP contribution is -1.90. The van der Waals surface area contributed by atoms with Gasteiger partial charge in [-0.25, -0.2) is 0 Å². The largest absolute Gasteiger partial charge is 0.504 e. The molecular weight excluding hydrogens is 156 g/mol. The second kappa shape index (κ2) is 3.03. The summed E-state index contributed by atoms with van der Waals surface area (Å²) in [5.74, 6) is -0.361. The van der Waals surface area contributed by atoms with Crippen molar-refractivity contribution in [3.8, 4) is 11.5 Å². The molecule has 0 bridgehead atoms. The number of aryl methyl sites for hydroxylation is 1. The number of hydrogen-bond donors (Lipinski definition) is 3. The lowest BCUT2D eigenvalue weighted by Gasteiger charge is -2.08. The lowest BCUT2D eigenvalue weighted by atomic mass is 10.0. The predicted molar refractivity (Wildman–Crippen MR) is 45.2 cm³/mol. The first kappa shape index (κ1) is 8.87. The molecule has 0 fully saturated rings. The summed E-state index contributed by atoms with van der Waals surface area (Å²) in [6.07, 6.45) is 0. The van der Waals surface area contributed by atoms with Crippen molar-refractivity contribution in [3.05, 3.63) is 22.8 Å². The van der Waals surface area contributed by atoms with Crippen molar-refractivity contribution in [1.82, 2.24) is 0 Å². The maximum atomic E-state index is 9.34. The highest BCUT2D eigenvalue weighted by molar-refractivity contribution is 5.52. The molecule has 3 heteroatoms. The summed E-state index contributed by atoms with van der Waals surface area (Å²) in [5.41, 5.74) is 1.86. The molecule has 0 spiro atoms. The molecule has 0 aliphatic heterocycles. The van der Waals surface area contributed by atoms with E-state index in [1.54, 1.807) is 13.0 Å². The molecule has 0 saturated heterocycles. The van der Waals surface area contributed by atoms with Crippen molar-refractivity contribution >= 4 is 0 Å². The van der Waals surface area contributed by atoms with Gasteiger partial charge in [-0.1, -0.05) is 0 Å². The van der Waals surface area contributed by atoms with Gasteiger partial charge in [0, 0.05) is 5.56 Å². The van der Waals surface area contributed by atoms with Crippen molar-refractivity contribution < 1.29 is 15.3 Å². The zero-order chi connectivity index (χ0) is 9.30. The molecule has 0 unspecified atom stereocenters. The smallest absolute Gasteiger partial charge is 0.163 e. The van der Waals surface area contributed by atoms with Gasteiger partial charge >= 0.3 is 0 Å². The van der Waals surface area contributed by atoms with E-state index in [2.05, 4.69) is 0 Å². The average Bonchev–Trinajstić information content (AvgIpc) is 2.08. The van der Waals surface area contributed by atoms with Gasteiger partial charge in [0.1, 0.15) is 0 Å². The molecule has 0 atom stereocenters. The van der Waals surface area contributed by atoms with Crippen LogP contribution in [0.2, 0.25) is 0 Å². The Morgan fingerprint density at radius 2 is 1.75 bits per heavy atom. The minimum absolute atomic E-state index is 0.140. The fraction of sp³-hybridized carbons (Fsp3) is 0.333. The summed E-state index contributed by atoms with van der Waals surface area (Å²) < 4.78 is 0. The fourth-order valence-corrected chi connectivity index (χ4v) is 1.07. The summed E-state index contributed by atoms with van der Waals surface area (Å²) in [4.78, 5) is 0. The standard InChI is InChI=1S/C9H12O3/c1-5-3-7(4-10)9(12)8(11)6(5)2/h3,10-12H,4H2,1-2H3. The summed E-state index contributed by atoms with van der Waals surface area (Å²) in [7, 11) is 0. The topological polar surface area (TPSA) is 60.7 Å². The minimum atomic E-state index is -0.263. The highest BCUT2D eigenvalue weighted by atomic mass is 16.3. The van der Waals surface area contributed by atoms with E-state index < -0.39 is 0 Å². The molecule has 0 radical (unpaired) electrons. The Morgan fingerprint density at radius 1 is 1.17 bits per heavy atom. The number of phenols is 2. The molecule has 3 nitrogen and oxygen atoms in total. The molecule has 1 aromatic rings. The van der Waals surface area contributed by atoms with Crippen LogP contribution in [0.15, 0.2) is 6.07 Å². The second-order valence-electron chi connectivity index (χ2n) is 2.83. The Bertz CT molecular complexity index is 305. The number of hydrogen-bond acceptors (Lipinski definition) is 3. The van der Waals surface area contributed by atoms with Crippen LogP contribution in [0.4, 0.5) is 0 Å². The van der Waals surface area contributed by atoms with Crippen LogP contribution < -0.4 is 0 Å².